The molecule has 2 atom stereocenters. The highest BCUT2D eigenvalue weighted by Gasteiger charge is 2.37. The number of esters is 1. The van der Waals surface area contributed by atoms with Crippen molar-refractivity contribution in [1.82, 2.24) is 4.98 Å². The fourth-order valence-corrected chi connectivity index (χ4v) is 4.10. The van der Waals surface area contributed by atoms with Gasteiger partial charge in [0.15, 0.2) is 6.61 Å². The van der Waals surface area contributed by atoms with Crippen LogP contribution in [0.25, 0.3) is 10.9 Å². The highest BCUT2D eigenvalue weighted by atomic mass is 16.5. The first kappa shape index (κ1) is 20.8. The number of Topliss-reactive ketones (excluding diaryl/α,β-unsaturated/α-hetero) is 1. The van der Waals surface area contributed by atoms with Crippen LogP contribution in [0, 0.1) is 5.92 Å². The van der Waals surface area contributed by atoms with E-state index in [0.29, 0.717) is 11.5 Å². The molecule has 1 aliphatic heterocycles. The molecule has 6 heteroatoms. The number of amides is 1. The van der Waals surface area contributed by atoms with E-state index in [9.17, 15) is 14.4 Å². The van der Waals surface area contributed by atoms with E-state index in [-0.39, 0.29) is 31.3 Å². The molecule has 1 aliphatic rings. The molecule has 1 fully saturated rings. The molecule has 3 aromatic rings. The number of fused-ring (bicyclic) bond motifs is 1. The van der Waals surface area contributed by atoms with Gasteiger partial charge in [0.2, 0.25) is 11.7 Å². The molecule has 1 saturated heterocycles. The average molecular weight is 418 g/mol. The van der Waals surface area contributed by atoms with Crippen molar-refractivity contribution in [3.8, 4) is 0 Å². The van der Waals surface area contributed by atoms with Crippen molar-refractivity contribution >= 4 is 34.3 Å². The van der Waals surface area contributed by atoms with E-state index in [2.05, 4.69) is 18.8 Å². The second kappa shape index (κ2) is 8.76. The van der Waals surface area contributed by atoms with Gasteiger partial charge in [-0.15, -0.1) is 0 Å². The Morgan fingerprint density at radius 2 is 1.90 bits per heavy atom. The number of ketones is 1. The van der Waals surface area contributed by atoms with E-state index in [1.807, 2.05) is 48.5 Å². The van der Waals surface area contributed by atoms with Gasteiger partial charge in [-0.1, -0.05) is 50.2 Å². The topological polar surface area (TPSA) is 79.5 Å². The highest BCUT2D eigenvalue weighted by molar-refractivity contribution is 6.09. The van der Waals surface area contributed by atoms with Crippen molar-refractivity contribution in [2.75, 3.05) is 18.1 Å². The summed E-state index contributed by atoms with van der Waals surface area (Å²) in [6.45, 7) is 4.17. The van der Waals surface area contributed by atoms with Crippen molar-refractivity contribution < 1.29 is 19.1 Å². The van der Waals surface area contributed by atoms with Crippen LogP contribution < -0.4 is 4.90 Å². The molecule has 2 heterocycles. The van der Waals surface area contributed by atoms with Crippen LogP contribution in [0.3, 0.4) is 0 Å². The third kappa shape index (κ3) is 4.10. The molecule has 4 rings (SSSR count). The Hall–Kier alpha value is -3.41. The molecule has 0 aliphatic carbocycles. The lowest BCUT2D eigenvalue weighted by atomic mass is 9.96. The number of nitrogens with zero attached hydrogens (tertiary/aromatic N) is 1. The molecule has 0 radical (unpaired) electrons. The van der Waals surface area contributed by atoms with Crippen LogP contribution in [-0.2, 0) is 14.3 Å². The van der Waals surface area contributed by atoms with E-state index in [4.69, 9.17) is 4.74 Å². The second-order valence-electron chi connectivity index (χ2n) is 8.05. The number of hydrogen-bond donors (Lipinski definition) is 1. The minimum absolute atomic E-state index is 0.0922. The molecule has 6 nitrogen and oxygen atoms in total. The van der Waals surface area contributed by atoms with Gasteiger partial charge in [0.1, 0.15) is 0 Å². The zero-order valence-corrected chi connectivity index (χ0v) is 17.8. The monoisotopic (exact) mass is 418 g/mol. The molecular weight excluding hydrogens is 392 g/mol. The lowest BCUT2D eigenvalue weighted by Crippen LogP contribution is -2.28. The predicted octanol–water partition coefficient (Wildman–Crippen LogP) is 4.46. The number of hydrogen-bond acceptors (Lipinski definition) is 4. The standard InChI is InChI=1S/C25H26N2O4/c1-3-16(2)18-8-5-7-11-22(18)27-14-17(12-24(27)29)25(30)31-15-23(28)20-13-26-21-10-6-4-9-19(20)21/h4-11,13,16-17,26H,3,12,14-15H2,1-2H3/t16-,17-/m1/s1. The fourth-order valence-electron chi connectivity index (χ4n) is 4.10. The largest absolute Gasteiger partial charge is 0.457 e. The maximum Gasteiger partial charge on any atom is 0.311 e. The Morgan fingerprint density at radius 3 is 2.71 bits per heavy atom. The Labute approximate surface area is 181 Å². The molecule has 0 spiro atoms. The molecule has 31 heavy (non-hydrogen) atoms. The quantitative estimate of drug-likeness (QED) is 0.454. The fraction of sp³-hybridized carbons (Fsp3) is 0.320. The number of anilines is 1. The van der Waals surface area contributed by atoms with Crippen LogP contribution in [0.15, 0.2) is 54.7 Å². The van der Waals surface area contributed by atoms with Crippen LogP contribution in [0.4, 0.5) is 5.69 Å². The number of carbonyl (C=O) groups is 3. The smallest absolute Gasteiger partial charge is 0.311 e. The van der Waals surface area contributed by atoms with Gasteiger partial charge in [-0.25, -0.2) is 0 Å². The zero-order chi connectivity index (χ0) is 22.0. The third-order valence-electron chi connectivity index (χ3n) is 6.06. The Kier molecular flexibility index (Phi) is 5.89. The first-order valence-corrected chi connectivity index (χ1v) is 10.6. The number of benzene rings is 2. The maximum absolute atomic E-state index is 12.7. The summed E-state index contributed by atoms with van der Waals surface area (Å²) < 4.78 is 5.31. The molecule has 0 bridgehead atoms. The number of rotatable bonds is 7. The van der Waals surface area contributed by atoms with E-state index < -0.39 is 11.9 Å². The van der Waals surface area contributed by atoms with Gasteiger partial charge in [-0.2, -0.15) is 0 Å². The summed E-state index contributed by atoms with van der Waals surface area (Å²) in [6.07, 6.45) is 2.68. The van der Waals surface area contributed by atoms with Crippen LogP contribution in [0.2, 0.25) is 0 Å². The number of nitrogens with one attached hydrogen (secondary N) is 1. The van der Waals surface area contributed by atoms with Crippen LogP contribution in [-0.4, -0.2) is 35.8 Å². The minimum Gasteiger partial charge on any atom is -0.457 e. The van der Waals surface area contributed by atoms with Crippen molar-refractivity contribution in [3.05, 3.63) is 65.9 Å². The Morgan fingerprint density at radius 1 is 1.16 bits per heavy atom. The first-order chi connectivity index (χ1) is 15.0. The zero-order valence-electron chi connectivity index (χ0n) is 17.8. The number of aromatic amines is 1. The molecule has 2 aromatic carbocycles. The second-order valence-corrected chi connectivity index (χ2v) is 8.05. The van der Waals surface area contributed by atoms with Gasteiger partial charge in [-0.05, 0) is 30.0 Å². The average Bonchev–Trinajstić information content (AvgIpc) is 3.40. The lowest BCUT2D eigenvalue weighted by Gasteiger charge is -2.23. The van der Waals surface area contributed by atoms with E-state index in [1.165, 1.54) is 0 Å². The number of ether oxygens (including phenoxy) is 1. The Bertz CT molecular complexity index is 1130. The van der Waals surface area contributed by atoms with Crippen molar-refractivity contribution in [3.63, 3.8) is 0 Å². The molecule has 160 valence electrons. The van der Waals surface area contributed by atoms with Gasteiger partial charge in [0, 0.05) is 41.3 Å². The molecule has 0 saturated carbocycles. The summed E-state index contributed by atoms with van der Waals surface area (Å²) in [7, 11) is 0. The third-order valence-corrected chi connectivity index (χ3v) is 6.06. The molecule has 0 unspecified atom stereocenters. The van der Waals surface area contributed by atoms with Crippen molar-refractivity contribution in [1.29, 1.82) is 0 Å². The first-order valence-electron chi connectivity index (χ1n) is 10.6. The van der Waals surface area contributed by atoms with Crippen molar-refractivity contribution in [2.24, 2.45) is 5.92 Å². The normalized spacial score (nSPS) is 17.2. The van der Waals surface area contributed by atoms with Crippen LogP contribution in [0.1, 0.15) is 48.5 Å². The summed E-state index contributed by atoms with van der Waals surface area (Å²) in [5.74, 6) is -1.14. The number of H-pyrrole nitrogens is 1. The van der Waals surface area contributed by atoms with Crippen LogP contribution in [0.5, 0.6) is 0 Å². The molecule has 1 N–H and O–H groups in total. The lowest BCUT2D eigenvalue weighted by molar-refractivity contribution is -0.147. The molecule has 1 aromatic heterocycles. The summed E-state index contributed by atoms with van der Waals surface area (Å²) >= 11 is 0. The van der Waals surface area contributed by atoms with E-state index in [0.717, 1.165) is 28.6 Å². The summed E-state index contributed by atoms with van der Waals surface area (Å²) in [6, 6.07) is 15.3. The number of para-hydroxylation sites is 2. The van der Waals surface area contributed by atoms with Gasteiger partial charge in [0.05, 0.1) is 5.92 Å². The number of carbonyl (C=O) groups excluding carboxylic acids is 3. The highest BCUT2D eigenvalue weighted by Crippen LogP contribution is 2.33. The van der Waals surface area contributed by atoms with Gasteiger partial charge in [0.25, 0.3) is 0 Å². The van der Waals surface area contributed by atoms with Crippen LogP contribution >= 0.6 is 0 Å². The van der Waals surface area contributed by atoms with Crippen molar-refractivity contribution in [2.45, 2.75) is 32.6 Å². The summed E-state index contributed by atoms with van der Waals surface area (Å²) in [4.78, 5) is 42.6. The predicted molar refractivity (Wildman–Crippen MR) is 119 cm³/mol. The Balaban J connectivity index is 1.42. The number of aromatic nitrogens is 1. The van der Waals surface area contributed by atoms with E-state index in [1.54, 1.807) is 11.1 Å². The minimum atomic E-state index is -0.576. The van der Waals surface area contributed by atoms with Gasteiger partial charge < -0.3 is 14.6 Å². The SMILES string of the molecule is CC[C@@H](C)c1ccccc1N1C[C@H](C(=O)OCC(=O)c2c[nH]c3ccccc23)CC1=O. The molecular formula is C25H26N2O4. The maximum atomic E-state index is 12.7. The van der Waals surface area contributed by atoms with Gasteiger partial charge in [-0.3, -0.25) is 14.4 Å². The van der Waals surface area contributed by atoms with Gasteiger partial charge >= 0.3 is 5.97 Å². The van der Waals surface area contributed by atoms with E-state index >= 15 is 0 Å². The summed E-state index contributed by atoms with van der Waals surface area (Å²) in [5.41, 5.74) is 3.30. The molecule has 1 amide bonds. The summed E-state index contributed by atoms with van der Waals surface area (Å²) in [5, 5.41) is 0.799.